The maximum atomic E-state index is 13.5. The molecule has 0 aromatic heterocycles. The molecule has 3 aromatic carbocycles. The third-order valence-electron chi connectivity index (χ3n) is 7.57. The molecule has 45 heavy (non-hydrogen) atoms. The highest BCUT2D eigenvalue weighted by Gasteiger charge is 2.23. The van der Waals surface area contributed by atoms with Gasteiger partial charge in [-0.1, -0.05) is 78.8 Å². The van der Waals surface area contributed by atoms with Gasteiger partial charge in [0.25, 0.3) is 0 Å². The molecule has 0 aliphatic carbocycles. The van der Waals surface area contributed by atoms with Gasteiger partial charge >= 0.3 is 0 Å². The smallest absolute Gasteiger partial charge is 0.211 e. The number of sulfonamides is 3. The molecule has 0 atom stereocenters. The number of aryl methyl sites for hydroxylation is 3. The molecule has 0 aliphatic rings. The van der Waals surface area contributed by atoms with E-state index in [-0.39, 0.29) is 14.7 Å². The summed E-state index contributed by atoms with van der Waals surface area (Å²) in [7, 11) is -10.8. The summed E-state index contributed by atoms with van der Waals surface area (Å²) in [5.74, 6) is 0. The SMILES string of the molecule is Cc1ccc(S(=O)(=O)NCCCCCCN(CCCCCCNS(=O)(=O)c2ccc(C)cc2)S(=O)(=O)c2ccc(C)cc2)cc1. The molecule has 0 heterocycles. The predicted octanol–water partition coefficient (Wildman–Crippen LogP) is 5.68. The van der Waals surface area contributed by atoms with Crippen molar-refractivity contribution < 1.29 is 25.3 Å². The number of benzene rings is 3. The molecule has 12 heteroatoms. The van der Waals surface area contributed by atoms with Crippen molar-refractivity contribution in [1.29, 1.82) is 0 Å². The zero-order chi connectivity index (χ0) is 32.9. The minimum absolute atomic E-state index is 0.244. The standard InChI is InChI=1S/C33H47N3O6S3/c1-28-12-18-31(19-13-28)43(37,38)34-24-8-4-6-10-26-36(45(41,42)33-22-16-30(3)17-23-33)27-11-7-5-9-25-35-44(39,40)32-20-14-29(2)15-21-32/h12-23,34-35H,4-11,24-27H2,1-3H3. The lowest BCUT2D eigenvalue weighted by Crippen LogP contribution is -2.33. The molecule has 0 spiro atoms. The third kappa shape index (κ3) is 11.9. The largest absolute Gasteiger partial charge is 0.243 e. The molecule has 9 nitrogen and oxygen atoms in total. The van der Waals surface area contributed by atoms with E-state index in [0.29, 0.717) is 51.9 Å². The number of hydrogen-bond acceptors (Lipinski definition) is 6. The van der Waals surface area contributed by atoms with Crippen molar-refractivity contribution >= 4 is 30.1 Å². The van der Waals surface area contributed by atoms with Gasteiger partial charge in [-0.05, 0) is 82.9 Å². The van der Waals surface area contributed by atoms with Gasteiger partial charge in [0.1, 0.15) is 0 Å². The molecule has 3 rings (SSSR count). The van der Waals surface area contributed by atoms with Crippen LogP contribution in [0.25, 0.3) is 0 Å². The fourth-order valence-electron chi connectivity index (χ4n) is 4.76. The summed E-state index contributed by atoms with van der Waals surface area (Å²) in [6, 6.07) is 20.3. The van der Waals surface area contributed by atoms with Crippen LogP contribution in [0, 0.1) is 20.8 Å². The number of rotatable bonds is 20. The molecule has 0 fully saturated rings. The first-order valence-corrected chi connectivity index (χ1v) is 19.9. The lowest BCUT2D eigenvalue weighted by Gasteiger charge is -2.22. The number of hydrogen-bond donors (Lipinski definition) is 2. The Morgan fingerprint density at radius 1 is 0.444 bits per heavy atom. The third-order valence-corrected chi connectivity index (χ3v) is 12.4. The average molecular weight is 678 g/mol. The highest BCUT2D eigenvalue weighted by molar-refractivity contribution is 7.90. The van der Waals surface area contributed by atoms with Crippen LogP contribution >= 0.6 is 0 Å². The Morgan fingerprint density at radius 3 is 1.11 bits per heavy atom. The van der Waals surface area contributed by atoms with Gasteiger partial charge in [0.15, 0.2) is 0 Å². The second kappa shape index (κ2) is 17.3. The van der Waals surface area contributed by atoms with Gasteiger partial charge in [0.2, 0.25) is 30.1 Å². The monoisotopic (exact) mass is 677 g/mol. The average Bonchev–Trinajstić information content (AvgIpc) is 2.99. The van der Waals surface area contributed by atoms with E-state index in [1.165, 1.54) is 4.31 Å². The molecule has 3 aromatic rings. The van der Waals surface area contributed by atoms with Crippen molar-refractivity contribution in [2.24, 2.45) is 0 Å². The van der Waals surface area contributed by atoms with E-state index in [9.17, 15) is 25.3 Å². The topological polar surface area (TPSA) is 130 Å². The van der Waals surface area contributed by atoms with Crippen LogP contribution in [-0.4, -0.2) is 55.7 Å². The Labute approximate surface area is 270 Å². The van der Waals surface area contributed by atoms with E-state index in [1.54, 1.807) is 72.8 Å². The van der Waals surface area contributed by atoms with Crippen LogP contribution in [0.1, 0.15) is 68.1 Å². The van der Waals surface area contributed by atoms with Crippen LogP contribution in [0.5, 0.6) is 0 Å². The van der Waals surface area contributed by atoms with Gasteiger partial charge in [-0.3, -0.25) is 0 Å². The molecule has 0 saturated heterocycles. The van der Waals surface area contributed by atoms with E-state index < -0.39 is 30.1 Å². The molecule has 248 valence electrons. The Bertz CT molecular complexity index is 1570. The minimum Gasteiger partial charge on any atom is -0.211 e. The quantitative estimate of drug-likeness (QED) is 0.148. The second-order valence-corrected chi connectivity index (χ2v) is 16.9. The van der Waals surface area contributed by atoms with Crippen molar-refractivity contribution in [2.75, 3.05) is 26.2 Å². The van der Waals surface area contributed by atoms with Crippen LogP contribution in [0.2, 0.25) is 0 Å². The number of unbranched alkanes of at least 4 members (excludes halogenated alkanes) is 6. The summed E-state index contributed by atoms with van der Waals surface area (Å²) < 4.78 is 83.7. The van der Waals surface area contributed by atoms with Crippen molar-refractivity contribution in [1.82, 2.24) is 13.7 Å². The fourth-order valence-corrected chi connectivity index (χ4v) is 8.42. The molecule has 0 saturated carbocycles. The van der Waals surface area contributed by atoms with Crippen molar-refractivity contribution in [3.05, 3.63) is 89.5 Å². The van der Waals surface area contributed by atoms with E-state index >= 15 is 0 Å². The lowest BCUT2D eigenvalue weighted by molar-refractivity contribution is 0.384. The Hall–Kier alpha value is -2.61. The van der Waals surface area contributed by atoms with Crippen LogP contribution in [0.4, 0.5) is 0 Å². The summed E-state index contributed by atoms with van der Waals surface area (Å²) in [6.45, 7) is 7.12. The highest BCUT2D eigenvalue weighted by Crippen LogP contribution is 2.19. The van der Waals surface area contributed by atoms with E-state index in [2.05, 4.69) is 9.44 Å². The number of nitrogens with one attached hydrogen (secondary N) is 2. The number of nitrogens with zero attached hydrogens (tertiary/aromatic N) is 1. The maximum absolute atomic E-state index is 13.5. The fraction of sp³-hybridized carbons (Fsp3) is 0.455. The molecule has 2 N–H and O–H groups in total. The zero-order valence-electron chi connectivity index (χ0n) is 26.5. The highest BCUT2D eigenvalue weighted by atomic mass is 32.2. The molecule has 0 aliphatic heterocycles. The van der Waals surface area contributed by atoms with E-state index in [1.807, 2.05) is 20.8 Å². The van der Waals surface area contributed by atoms with E-state index in [0.717, 1.165) is 42.4 Å². The van der Waals surface area contributed by atoms with Crippen molar-refractivity contribution in [2.45, 2.75) is 86.8 Å². The molecular formula is C33H47N3O6S3. The van der Waals surface area contributed by atoms with Gasteiger partial charge in [-0.25, -0.2) is 34.7 Å². The maximum Gasteiger partial charge on any atom is 0.243 e. The van der Waals surface area contributed by atoms with Crippen LogP contribution < -0.4 is 9.44 Å². The zero-order valence-corrected chi connectivity index (χ0v) is 29.0. The van der Waals surface area contributed by atoms with Crippen molar-refractivity contribution in [3.8, 4) is 0 Å². The van der Waals surface area contributed by atoms with Gasteiger partial charge in [0.05, 0.1) is 14.7 Å². The van der Waals surface area contributed by atoms with Gasteiger partial charge < -0.3 is 0 Å². The first-order valence-electron chi connectivity index (χ1n) is 15.5. The van der Waals surface area contributed by atoms with Crippen molar-refractivity contribution in [3.63, 3.8) is 0 Å². The summed E-state index contributed by atoms with van der Waals surface area (Å²) in [6.07, 6.45) is 5.72. The second-order valence-electron chi connectivity index (χ2n) is 11.5. The predicted molar refractivity (Wildman–Crippen MR) is 180 cm³/mol. The van der Waals surface area contributed by atoms with Gasteiger partial charge in [0, 0.05) is 26.2 Å². The first-order chi connectivity index (χ1) is 21.3. The minimum atomic E-state index is -3.67. The molecule has 0 unspecified atom stereocenters. The molecular weight excluding hydrogens is 631 g/mol. The molecule has 0 bridgehead atoms. The summed E-state index contributed by atoms with van der Waals surface area (Å²) >= 11 is 0. The molecule has 0 amide bonds. The first kappa shape index (κ1) is 36.9. The Balaban J connectivity index is 1.43. The van der Waals surface area contributed by atoms with E-state index in [4.69, 9.17) is 0 Å². The normalized spacial score (nSPS) is 12.5. The summed E-state index contributed by atoms with van der Waals surface area (Å²) in [4.78, 5) is 0.756. The summed E-state index contributed by atoms with van der Waals surface area (Å²) in [5.41, 5.74) is 2.97. The Morgan fingerprint density at radius 2 is 0.756 bits per heavy atom. The van der Waals surface area contributed by atoms with Crippen LogP contribution in [0.3, 0.4) is 0 Å². The van der Waals surface area contributed by atoms with Crippen LogP contribution in [-0.2, 0) is 30.1 Å². The van der Waals surface area contributed by atoms with Crippen LogP contribution in [0.15, 0.2) is 87.5 Å². The van der Waals surface area contributed by atoms with Gasteiger partial charge in [-0.2, -0.15) is 4.31 Å². The van der Waals surface area contributed by atoms with Gasteiger partial charge in [-0.15, -0.1) is 0 Å². The lowest BCUT2D eigenvalue weighted by atomic mass is 10.2. The molecule has 0 radical (unpaired) electrons. The summed E-state index contributed by atoms with van der Waals surface area (Å²) in [5, 5.41) is 0. The Kier molecular flexibility index (Phi) is 14.2.